The molecule has 4 nitrogen and oxygen atoms in total. The lowest BCUT2D eigenvalue weighted by molar-refractivity contribution is 0.465. The van der Waals surface area contributed by atoms with E-state index in [4.69, 9.17) is 0 Å². The second-order valence-corrected chi connectivity index (χ2v) is 9.81. The highest BCUT2D eigenvalue weighted by Gasteiger charge is 2.35. The standard InChI is InChI=1S/C15H24N2O2S2/c1-11-9-17(10-12(11)2)21(18,19)15-6-5-14(20-15)7-8-16-13-3-4-13/h5-6,11-13,16H,3-4,7-10H2,1-2H3. The first-order valence-corrected chi connectivity index (χ1v) is 10.0. The van der Waals surface area contributed by atoms with E-state index >= 15 is 0 Å². The zero-order valence-electron chi connectivity index (χ0n) is 12.7. The largest absolute Gasteiger partial charge is 0.314 e. The summed E-state index contributed by atoms with van der Waals surface area (Å²) in [5.41, 5.74) is 0. The molecule has 1 saturated heterocycles. The Morgan fingerprint density at radius 1 is 1.24 bits per heavy atom. The quantitative estimate of drug-likeness (QED) is 0.872. The monoisotopic (exact) mass is 328 g/mol. The van der Waals surface area contributed by atoms with Crippen LogP contribution in [0.5, 0.6) is 0 Å². The number of rotatable bonds is 6. The van der Waals surface area contributed by atoms with Crippen molar-refractivity contribution in [2.24, 2.45) is 11.8 Å². The zero-order valence-corrected chi connectivity index (χ0v) is 14.3. The Morgan fingerprint density at radius 3 is 2.52 bits per heavy atom. The Hall–Kier alpha value is -0.430. The Kier molecular flexibility index (Phi) is 4.41. The third-order valence-corrected chi connectivity index (χ3v) is 8.01. The predicted octanol–water partition coefficient (Wildman–Crippen LogP) is 2.32. The Labute approximate surface area is 131 Å². The number of sulfonamides is 1. The molecule has 1 aliphatic carbocycles. The van der Waals surface area contributed by atoms with Gasteiger partial charge in [0.15, 0.2) is 0 Å². The smallest absolute Gasteiger partial charge is 0.252 e. The third-order valence-electron chi connectivity index (χ3n) is 4.57. The van der Waals surface area contributed by atoms with E-state index in [2.05, 4.69) is 19.2 Å². The molecule has 2 heterocycles. The molecule has 0 aromatic carbocycles. The minimum Gasteiger partial charge on any atom is -0.314 e. The van der Waals surface area contributed by atoms with Crippen LogP contribution < -0.4 is 5.32 Å². The molecule has 0 spiro atoms. The van der Waals surface area contributed by atoms with Crippen molar-refractivity contribution < 1.29 is 8.42 Å². The average Bonchev–Trinajstić information content (AvgIpc) is 3.01. The van der Waals surface area contributed by atoms with Crippen LogP contribution in [0.15, 0.2) is 16.3 Å². The minimum absolute atomic E-state index is 0.446. The summed E-state index contributed by atoms with van der Waals surface area (Å²) < 4.78 is 27.5. The fraction of sp³-hybridized carbons (Fsp3) is 0.733. The molecule has 1 saturated carbocycles. The molecule has 1 aromatic rings. The number of nitrogens with one attached hydrogen (secondary N) is 1. The van der Waals surface area contributed by atoms with Crippen LogP contribution in [0, 0.1) is 11.8 Å². The lowest BCUT2D eigenvalue weighted by Gasteiger charge is -2.14. The van der Waals surface area contributed by atoms with E-state index in [9.17, 15) is 8.42 Å². The highest BCUT2D eigenvalue weighted by atomic mass is 32.2. The normalized spacial score (nSPS) is 27.3. The molecular formula is C15H24N2O2S2. The second-order valence-electron chi connectivity index (χ2n) is 6.48. The van der Waals surface area contributed by atoms with Gasteiger partial charge in [-0.2, -0.15) is 4.31 Å². The first-order chi connectivity index (χ1) is 9.96. The van der Waals surface area contributed by atoms with Crippen LogP contribution in [0.4, 0.5) is 0 Å². The summed E-state index contributed by atoms with van der Waals surface area (Å²) in [6.45, 7) is 6.51. The molecule has 118 valence electrons. The Morgan fingerprint density at radius 2 is 1.90 bits per heavy atom. The maximum atomic E-state index is 12.7. The van der Waals surface area contributed by atoms with Gasteiger partial charge in [0.05, 0.1) is 0 Å². The summed E-state index contributed by atoms with van der Waals surface area (Å²) in [5.74, 6) is 0.892. The Bertz CT molecular complexity index is 583. The van der Waals surface area contributed by atoms with Crippen molar-refractivity contribution in [3.05, 3.63) is 17.0 Å². The van der Waals surface area contributed by atoms with Crippen LogP contribution in [0.25, 0.3) is 0 Å². The molecule has 6 heteroatoms. The number of nitrogens with zero attached hydrogens (tertiary/aromatic N) is 1. The minimum atomic E-state index is -3.28. The van der Waals surface area contributed by atoms with Gasteiger partial charge in [-0.05, 0) is 43.2 Å². The zero-order chi connectivity index (χ0) is 15.0. The van der Waals surface area contributed by atoms with Crippen LogP contribution >= 0.6 is 11.3 Å². The van der Waals surface area contributed by atoms with E-state index in [1.807, 2.05) is 6.07 Å². The molecule has 2 atom stereocenters. The molecule has 1 N–H and O–H groups in total. The average molecular weight is 329 g/mol. The first-order valence-electron chi connectivity index (χ1n) is 7.79. The summed E-state index contributed by atoms with van der Waals surface area (Å²) in [6, 6.07) is 4.45. The first kappa shape index (κ1) is 15.5. The molecule has 2 aliphatic rings. The van der Waals surface area contributed by atoms with Crippen LogP contribution in [0.1, 0.15) is 31.6 Å². The molecule has 2 fully saturated rings. The second kappa shape index (κ2) is 5.99. The highest BCUT2D eigenvalue weighted by molar-refractivity contribution is 7.91. The van der Waals surface area contributed by atoms with Crippen molar-refractivity contribution in [1.82, 2.24) is 9.62 Å². The van der Waals surface area contributed by atoms with Gasteiger partial charge in [-0.3, -0.25) is 0 Å². The molecule has 0 radical (unpaired) electrons. The van der Waals surface area contributed by atoms with Gasteiger partial charge in [0.1, 0.15) is 4.21 Å². The SMILES string of the molecule is CC1CN(S(=O)(=O)c2ccc(CCNC3CC3)s2)CC1C. The topological polar surface area (TPSA) is 49.4 Å². The number of hydrogen-bond donors (Lipinski definition) is 1. The molecule has 1 aliphatic heterocycles. The van der Waals surface area contributed by atoms with Gasteiger partial charge in [-0.1, -0.05) is 13.8 Å². The van der Waals surface area contributed by atoms with E-state index in [1.54, 1.807) is 10.4 Å². The van der Waals surface area contributed by atoms with Gasteiger partial charge in [-0.15, -0.1) is 11.3 Å². The van der Waals surface area contributed by atoms with Crippen LogP contribution in [0.2, 0.25) is 0 Å². The maximum Gasteiger partial charge on any atom is 0.252 e. The van der Waals surface area contributed by atoms with Crippen molar-refractivity contribution in [2.45, 2.75) is 43.4 Å². The van der Waals surface area contributed by atoms with E-state index < -0.39 is 10.0 Å². The molecule has 3 rings (SSSR count). The summed E-state index contributed by atoms with van der Waals surface area (Å²) in [7, 11) is -3.28. The van der Waals surface area contributed by atoms with E-state index in [-0.39, 0.29) is 0 Å². The van der Waals surface area contributed by atoms with Gasteiger partial charge in [0.25, 0.3) is 10.0 Å². The van der Waals surface area contributed by atoms with Gasteiger partial charge in [-0.25, -0.2) is 8.42 Å². The van der Waals surface area contributed by atoms with E-state index in [1.165, 1.54) is 24.2 Å². The van der Waals surface area contributed by atoms with Crippen molar-refractivity contribution in [3.8, 4) is 0 Å². The molecule has 21 heavy (non-hydrogen) atoms. The molecule has 0 bridgehead atoms. The highest BCUT2D eigenvalue weighted by Crippen LogP contribution is 2.31. The van der Waals surface area contributed by atoms with Crippen LogP contribution in [-0.4, -0.2) is 38.4 Å². The summed E-state index contributed by atoms with van der Waals surface area (Å²) in [4.78, 5) is 1.15. The van der Waals surface area contributed by atoms with Crippen molar-refractivity contribution in [2.75, 3.05) is 19.6 Å². The maximum absolute atomic E-state index is 12.7. The summed E-state index contributed by atoms with van der Waals surface area (Å²) in [5, 5.41) is 3.47. The van der Waals surface area contributed by atoms with Crippen LogP contribution in [-0.2, 0) is 16.4 Å². The summed E-state index contributed by atoms with van der Waals surface area (Å²) >= 11 is 1.43. The van der Waals surface area contributed by atoms with E-state index in [0.29, 0.717) is 35.2 Å². The third kappa shape index (κ3) is 3.50. The molecule has 1 aromatic heterocycles. The van der Waals surface area contributed by atoms with Gasteiger partial charge in [0.2, 0.25) is 0 Å². The Balaban J connectivity index is 1.63. The van der Waals surface area contributed by atoms with Gasteiger partial charge in [0, 0.05) is 30.6 Å². The van der Waals surface area contributed by atoms with Crippen LogP contribution in [0.3, 0.4) is 0 Å². The van der Waals surface area contributed by atoms with Crippen molar-refractivity contribution in [3.63, 3.8) is 0 Å². The predicted molar refractivity (Wildman–Crippen MR) is 86.1 cm³/mol. The summed E-state index contributed by atoms with van der Waals surface area (Å²) in [6.07, 6.45) is 3.49. The molecule has 2 unspecified atom stereocenters. The van der Waals surface area contributed by atoms with E-state index in [0.717, 1.165) is 17.8 Å². The molecular weight excluding hydrogens is 304 g/mol. The van der Waals surface area contributed by atoms with Crippen molar-refractivity contribution in [1.29, 1.82) is 0 Å². The van der Waals surface area contributed by atoms with Gasteiger partial charge < -0.3 is 5.32 Å². The molecule has 0 amide bonds. The lowest BCUT2D eigenvalue weighted by Crippen LogP contribution is -2.28. The number of hydrogen-bond acceptors (Lipinski definition) is 4. The fourth-order valence-corrected chi connectivity index (χ4v) is 5.87. The lowest BCUT2D eigenvalue weighted by atomic mass is 10.0. The number of thiophene rings is 1. The van der Waals surface area contributed by atoms with Gasteiger partial charge >= 0.3 is 0 Å². The van der Waals surface area contributed by atoms with Crippen molar-refractivity contribution >= 4 is 21.4 Å². The fourth-order valence-electron chi connectivity index (χ4n) is 2.72.